The van der Waals surface area contributed by atoms with Gasteiger partial charge in [0.05, 0.1) is 5.75 Å². The summed E-state index contributed by atoms with van der Waals surface area (Å²) in [5.74, 6) is -0.806. The van der Waals surface area contributed by atoms with E-state index < -0.39 is 15.6 Å². The highest BCUT2D eigenvalue weighted by Gasteiger charge is 2.25. The van der Waals surface area contributed by atoms with Crippen molar-refractivity contribution >= 4 is 44.1 Å². The van der Waals surface area contributed by atoms with Gasteiger partial charge in [-0.15, -0.1) is 12.4 Å². The summed E-state index contributed by atoms with van der Waals surface area (Å²) in [5, 5.41) is 3.19. The van der Waals surface area contributed by atoms with Crippen LogP contribution in [0.4, 0.5) is 0 Å². The number of nitrogens with one attached hydrogen (secondary N) is 1. The second kappa shape index (κ2) is 9.01. The average molecular weight is 426 g/mol. The van der Waals surface area contributed by atoms with Crippen molar-refractivity contribution in [2.75, 3.05) is 25.9 Å². The number of halogens is 2. The average Bonchev–Trinajstić information content (AvgIpc) is 2.46. The lowest BCUT2D eigenvalue weighted by molar-refractivity contribution is -0.129. The van der Waals surface area contributed by atoms with Crippen LogP contribution in [0.3, 0.4) is 0 Å². The third-order valence-electron chi connectivity index (χ3n) is 3.87. The zero-order chi connectivity index (χ0) is 16.2. The molecule has 0 aliphatic carbocycles. The molecule has 23 heavy (non-hydrogen) atoms. The zero-order valence-corrected chi connectivity index (χ0v) is 16.2. The van der Waals surface area contributed by atoms with Gasteiger partial charge in [0.1, 0.15) is 5.75 Å². The Hall–Kier alpha value is -0.630. The number of hydrogen-bond acceptors (Lipinski definition) is 4. The number of sulfone groups is 1. The lowest BCUT2D eigenvalue weighted by atomic mass is 10.1. The van der Waals surface area contributed by atoms with Gasteiger partial charge in [0.2, 0.25) is 5.91 Å². The summed E-state index contributed by atoms with van der Waals surface area (Å²) in [5.41, 5.74) is 0.691. The fourth-order valence-corrected chi connectivity index (χ4v) is 4.42. The quantitative estimate of drug-likeness (QED) is 0.783. The topological polar surface area (TPSA) is 66.5 Å². The summed E-state index contributed by atoms with van der Waals surface area (Å²) in [4.78, 5) is 13.8. The van der Waals surface area contributed by atoms with E-state index in [-0.39, 0.29) is 24.1 Å². The van der Waals surface area contributed by atoms with Crippen molar-refractivity contribution < 1.29 is 13.2 Å². The molecule has 5 nitrogen and oxygen atoms in total. The molecule has 0 aromatic heterocycles. The second-order valence-electron chi connectivity index (χ2n) is 5.61. The Bertz CT molecular complexity index is 631. The lowest BCUT2D eigenvalue weighted by Gasteiger charge is -2.31. The van der Waals surface area contributed by atoms with Crippen molar-refractivity contribution in [3.8, 4) is 0 Å². The van der Waals surface area contributed by atoms with Crippen LogP contribution < -0.4 is 5.32 Å². The number of piperidine rings is 1. The summed E-state index contributed by atoms with van der Waals surface area (Å²) in [6, 6.07) is 7.57. The fraction of sp³-hybridized carbons (Fsp3) is 0.533. The van der Waals surface area contributed by atoms with Crippen molar-refractivity contribution in [1.29, 1.82) is 0 Å². The molecule has 1 aliphatic rings. The van der Waals surface area contributed by atoms with Gasteiger partial charge in [0, 0.05) is 23.6 Å². The minimum absolute atomic E-state index is 0. The molecule has 1 amide bonds. The molecule has 1 aliphatic heterocycles. The van der Waals surface area contributed by atoms with Gasteiger partial charge in [-0.2, -0.15) is 0 Å². The summed E-state index contributed by atoms with van der Waals surface area (Å²) in [7, 11) is -1.54. The molecule has 1 heterocycles. The minimum atomic E-state index is -3.45. The summed E-state index contributed by atoms with van der Waals surface area (Å²) in [6.07, 6.45) is 1.74. The van der Waals surface area contributed by atoms with Gasteiger partial charge in [-0.3, -0.25) is 4.79 Å². The first-order chi connectivity index (χ1) is 10.4. The van der Waals surface area contributed by atoms with Crippen molar-refractivity contribution in [1.82, 2.24) is 10.2 Å². The Labute approximate surface area is 152 Å². The van der Waals surface area contributed by atoms with Crippen LogP contribution in [0.15, 0.2) is 28.7 Å². The summed E-state index contributed by atoms with van der Waals surface area (Å²) >= 11 is 3.32. The van der Waals surface area contributed by atoms with Crippen LogP contribution in [-0.2, 0) is 20.4 Å². The van der Waals surface area contributed by atoms with Crippen LogP contribution in [0.1, 0.15) is 18.4 Å². The lowest BCUT2D eigenvalue weighted by Crippen LogP contribution is -2.45. The predicted molar refractivity (Wildman–Crippen MR) is 97.5 cm³/mol. The van der Waals surface area contributed by atoms with E-state index in [1.54, 1.807) is 23.1 Å². The van der Waals surface area contributed by atoms with E-state index >= 15 is 0 Å². The number of likely N-dealkylation sites (tertiary alicyclic amines) is 1. The molecule has 1 saturated heterocycles. The molecule has 0 unspecified atom stereocenters. The number of rotatable bonds is 5. The number of benzene rings is 1. The Morgan fingerprint density at radius 3 is 2.57 bits per heavy atom. The molecule has 8 heteroatoms. The molecule has 0 atom stereocenters. The fourth-order valence-electron chi connectivity index (χ4n) is 2.63. The largest absolute Gasteiger partial charge is 0.342 e. The molecule has 1 N–H and O–H groups in total. The van der Waals surface area contributed by atoms with Crippen molar-refractivity contribution in [3.05, 3.63) is 34.3 Å². The van der Waals surface area contributed by atoms with Crippen molar-refractivity contribution in [3.63, 3.8) is 0 Å². The maximum absolute atomic E-state index is 12.2. The van der Waals surface area contributed by atoms with Gasteiger partial charge in [0.25, 0.3) is 0 Å². The molecule has 130 valence electrons. The summed E-state index contributed by atoms with van der Waals surface area (Å²) in [6.45, 7) is 1.24. The molecule has 2 rings (SSSR count). The number of amides is 1. The molecular weight excluding hydrogens is 404 g/mol. The highest BCUT2D eigenvalue weighted by molar-refractivity contribution is 9.10. The second-order valence-corrected chi connectivity index (χ2v) is 8.59. The van der Waals surface area contributed by atoms with E-state index in [9.17, 15) is 13.2 Å². The molecule has 1 fully saturated rings. The maximum atomic E-state index is 12.2. The van der Waals surface area contributed by atoms with Crippen LogP contribution in [0.2, 0.25) is 0 Å². The van der Waals surface area contributed by atoms with Gasteiger partial charge in [0.15, 0.2) is 9.84 Å². The van der Waals surface area contributed by atoms with Crippen molar-refractivity contribution in [2.45, 2.75) is 24.6 Å². The number of carbonyl (C=O) groups is 1. The normalized spacial score (nSPS) is 16.0. The van der Waals surface area contributed by atoms with Gasteiger partial charge in [-0.05, 0) is 37.6 Å². The van der Waals surface area contributed by atoms with Crippen molar-refractivity contribution in [2.24, 2.45) is 0 Å². The molecule has 0 spiro atoms. The molecule has 0 saturated carbocycles. The van der Waals surface area contributed by atoms with Gasteiger partial charge < -0.3 is 10.2 Å². The van der Waals surface area contributed by atoms with Crippen LogP contribution in [0.5, 0.6) is 0 Å². The third-order valence-corrected chi connectivity index (χ3v) is 5.83. The van der Waals surface area contributed by atoms with E-state index in [4.69, 9.17) is 0 Å². The Kier molecular flexibility index (Phi) is 8.00. The first-order valence-corrected chi connectivity index (χ1v) is 9.91. The molecule has 1 aromatic rings. The first kappa shape index (κ1) is 20.4. The molecule has 1 aromatic carbocycles. The molecule has 0 radical (unpaired) electrons. The van der Waals surface area contributed by atoms with Crippen LogP contribution in [0.25, 0.3) is 0 Å². The highest BCUT2D eigenvalue weighted by Crippen LogP contribution is 2.15. The zero-order valence-electron chi connectivity index (χ0n) is 13.0. The van der Waals surface area contributed by atoms with Crippen LogP contribution >= 0.6 is 28.3 Å². The number of hydrogen-bond donors (Lipinski definition) is 1. The van der Waals surface area contributed by atoms with Gasteiger partial charge >= 0.3 is 0 Å². The van der Waals surface area contributed by atoms with Crippen LogP contribution in [-0.4, -0.2) is 51.2 Å². The molecule has 0 bridgehead atoms. The number of nitrogens with zero attached hydrogens (tertiary/aromatic N) is 1. The minimum Gasteiger partial charge on any atom is -0.342 e. The van der Waals surface area contributed by atoms with E-state index in [1.807, 2.05) is 13.1 Å². The highest BCUT2D eigenvalue weighted by atomic mass is 79.9. The Morgan fingerprint density at radius 2 is 2.00 bits per heavy atom. The SMILES string of the molecule is CNC1CCN(C(=O)CS(=O)(=O)Cc2cccc(Br)c2)CC1.Cl. The maximum Gasteiger partial charge on any atom is 0.237 e. The van der Waals surface area contributed by atoms with E-state index in [2.05, 4.69) is 21.2 Å². The predicted octanol–water partition coefficient (Wildman–Crippen LogP) is 2.00. The first-order valence-electron chi connectivity index (χ1n) is 7.29. The Morgan fingerprint density at radius 1 is 1.35 bits per heavy atom. The number of carbonyl (C=O) groups excluding carboxylic acids is 1. The monoisotopic (exact) mass is 424 g/mol. The van der Waals surface area contributed by atoms with E-state index in [1.165, 1.54) is 0 Å². The summed E-state index contributed by atoms with van der Waals surface area (Å²) < 4.78 is 25.3. The van der Waals surface area contributed by atoms with E-state index in [0.29, 0.717) is 24.7 Å². The Balaban J connectivity index is 0.00000264. The van der Waals surface area contributed by atoms with E-state index in [0.717, 1.165) is 17.3 Å². The molecular formula is C15H22BrClN2O3S. The third kappa shape index (κ3) is 6.41. The standard InChI is InChI=1S/C15H21BrN2O3S.ClH/c1-17-14-5-7-18(8-6-14)15(19)11-22(20,21)10-12-3-2-4-13(16)9-12;/h2-4,9,14,17H,5-8,10-11H2,1H3;1H. The van der Waals surface area contributed by atoms with Gasteiger partial charge in [-0.25, -0.2) is 8.42 Å². The smallest absolute Gasteiger partial charge is 0.237 e. The van der Waals surface area contributed by atoms with Crippen LogP contribution in [0, 0.1) is 0 Å². The van der Waals surface area contributed by atoms with Gasteiger partial charge in [-0.1, -0.05) is 28.1 Å².